The van der Waals surface area contributed by atoms with Crippen molar-refractivity contribution in [1.82, 2.24) is 9.88 Å². The molecule has 2 heterocycles. The summed E-state index contributed by atoms with van der Waals surface area (Å²) in [4.78, 5) is 17.5. The molecular formula is C26H22F4N4O2. The molecule has 0 radical (unpaired) electrons. The highest BCUT2D eigenvalue weighted by molar-refractivity contribution is 6.05. The van der Waals surface area contributed by atoms with Gasteiger partial charge in [-0.2, -0.15) is 4.39 Å². The number of carbonyl (C=O) groups excluding carboxylic acids is 1. The van der Waals surface area contributed by atoms with Gasteiger partial charge in [-0.25, -0.2) is 13.2 Å². The zero-order chi connectivity index (χ0) is 25.8. The third kappa shape index (κ3) is 5.37. The minimum atomic E-state index is -1.37. The molecule has 0 spiro atoms. The predicted molar refractivity (Wildman–Crippen MR) is 127 cm³/mol. The number of anilines is 2. The summed E-state index contributed by atoms with van der Waals surface area (Å²) in [6, 6.07) is 7.08. The molecule has 1 amide bonds. The van der Waals surface area contributed by atoms with Gasteiger partial charge >= 0.3 is 0 Å². The molecule has 1 aromatic heterocycles. The van der Waals surface area contributed by atoms with Crippen LogP contribution in [-0.2, 0) is 4.79 Å². The summed E-state index contributed by atoms with van der Waals surface area (Å²) in [5, 5.41) is 11.7. The van der Waals surface area contributed by atoms with E-state index in [1.165, 1.54) is 36.5 Å². The first-order valence-electron chi connectivity index (χ1n) is 11.1. The molecular weight excluding hydrogens is 476 g/mol. The number of hydrogen-bond donors (Lipinski definition) is 2. The topological polar surface area (TPSA) is 78.3 Å². The Morgan fingerprint density at radius 2 is 1.89 bits per heavy atom. The van der Waals surface area contributed by atoms with Crippen molar-refractivity contribution < 1.29 is 27.1 Å². The molecule has 36 heavy (non-hydrogen) atoms. The van der Waals surface area contributed by atoms with Crippen molar-refractivity contribution in [2.45, 2.75) is 12.8 Å². The SMILES string of the molecule is C=CC(=O)N1CCC[C@@H](C(=N)c2c(F)cncc2Nc2ccc(Oc3cc(F)cc(F)c3F)cc2)C1. The number of carbonyl (C=O) groups is 1. The molecule has 3 aromatic rings. The summed E-state index contributed by atoms with van der Waals surface area (Å²) in [5.74, 6) is -5.43. The molecule has 0 bridgehead atoms. The molecule has 186 valence electrons. The standard InChI is InChI=1S/C26H22F4N4O2/c1-2-23(35)34-9-3-4-15(14-34)26(31)24-20(29)12-32-13-21(24)33-17-5-7-18(8-6-17)36-22-11-16(27)10-19(28)25(22)30/h2,5-8,10-13,15,31,33H,1,3-4,9,14H2/t15-/m1/s1. The Kier molecular flexibility index (Phi) is 7.33. The van der Waals surface area contributed by atoms with Gasteiger partial charge in [0.2, 0.25) is 11.7 Å². The first-order valence-corrected chi connectivity index (χ1v) is 11.1. The fraction of sp³-hybridized carbons (Fsp3) is 0.192. The summed E-state index contributed by atoms with van der Waals surface area (Å²) in [6.45, 7) is 4.34. The van der Waals surface area contributed by atoms with E-state index in [1.807, 2.05) is 0 Å². The number of likely N-dealkylation sites (tertiary alicyclic amines) is 1. The van der Waals surface area contributed by atoms with Crippen molar-refractivity contribution in [2.24, 2.45) is 5.92 Å². The number of aromatic nitrogens is 1. The molecule has 10 heteroatoms. The van der Waals surface area contributed by atoms with Crippen LogP contribution < -0.4 is 10.1 Å². The number of pyridine rings is 1. The number of ether oxygens (including phenoxy) is 1. The summed E-state index contributed by atoms with van der Waals surface area (Å²) < 4.78 is 60.8. The molecule has 1 aliphatic heterocycles. The maximum absolute atomic E-state index is 14.8. The Hall–Kier alpha value is -4.21. The van der Waals surface area contributed by atoms with Gasteiger partial charge in [0.05, 0.1) is 23.6 Å². The van der Waals surface area contributed by atoms with E-state index in [-0.39, 0.29) is 41.1 Å². The van der Waals surface area contributed by atoms with Crippen LogP contribution in [0.1, 0.15) is 18.4 Å². The number of nitrogens with zero attached hydrogens (tertiary/aromatic N) is 2. The van der Waals surface area contributed by atoms with E-state index in [0.717, 1.165) is 12.3 Å². The van der Waals surface area contributed by atoms with Crippen LogP contribution >= 0.6 is 0 Å². The molecule has 0 aliphatic carbocycles. The highest BCUT2D eigenvalue weighted by Crippen LogP contribution is 2.31. The average Bonchev–Trinajstić information content (AvgIpc) is 2.87. The van der Waals surface area contributed by atoms with Crippen LogP contribution in [0.2, 0.25) is 0 Å². The number of amides is 1. The molecule has 0 unspecified atom stereocenters. The normalized spacial score (nSPS) is 15.3. The van der Waals surface area contributed by atoms with Crippen molar-refractivity contribution in [3.8, 4) is 11.5 Å². The lowest BCUT2D eigenvalue weighted by molar-refractivity contribution is -0.127. The van der Waals surface area contributed by atoms with Gasteiger partial charge in [0.25, 0.3) is 0 Å². The Labute approximate surface area is 204 Å². The number of halogens is 4. The Bertz CT molecular complexity index is 1310. The molecule has 0 saturated carbocycles. The fourth-order valence-corrected chi connectivity index (χ4v) is 4.05. The smallest absolute Gasteiger partial charge is 0.245 e. The zero-order valence-corrected chi connectivity index (χ0v) is 19.0. The molecule has 1 fully saturated rings. The van der Waals surface area contributed by atoms with Crippen LogP contribution in [-0.4, -0.2) is 34.6 Å². The molecule has 6 nitrogen and oxygen atoms in total. The van der Waals surface area contributed by atoms with Crippen LogP contribution in [0.3, 0.4) is 0 Å². The van der Waals surface area contributed by atoms with Crippen molar-refractivity contribution in [3.63, 3.8) is 0 Å². The number of rotatable bonds is 7. The van der Waals surface area contributed by atoms with Crippen LogP contribution in [0, 0.1) is 34.6 Å². The van der Waals surface area contributed by atoms with Gasteiger partial charge in [0.1, 0.15) is 11.6 Å². The van der Waals surface area contributed by atoms with Gasteiger partial charge in [-0.3, -0.25) is 9.78 Å². The van der Waals surface area contributed by atoms with E-state index in [9.17, 15) is 22.4 Å². The van der Waals surface area contributed by atoms with Crippen LogP contribution in [0.25, 0.3) is 0 Å². The van der Waals surface area contributed by atoms with Gasteiger partial charge in [-0.05, 0) is 43.2 Å². The maximum atomic E-state index is 14.8. The van der Waals surface area contributed by atoms with Gasteiger partial charge in [-0.1, -0.05) is 6.58 Å². The van der Waals surface area contributed by atoms with Gasteiger partial charge in [-0.15, -0.1) is 0 Å². The average molecular weight is 498 g/mol. The summed E-state index contributed by atoms with van der Waals surface area (Å²) in [5.41, 5.74) is 0.809. The van der Waals surface area contributed by atoms with Gasteiger partial charge < -0.3 is 20.4 Å². The third-order valence-electron chi connectivity index (χ3n) is 5.81. The quantitative estimate of drug-likeness (QED) is 0.182. The van der Waals surface area contributed by atoms with Gasteiger partial charge in [0, 0.05) is 42.5 Å². The number of piperidine rings is 1. The van der Waals surface area contributed by atoms with E-state index >= 15 is 0 Å². The summed E-state index contributed by atoms with van der Waals surface area (Å²) in [7, 11) is 0. The zero-order valence-electron chi connectivity index (χ0n) is 19.0. The predicted octanol–water partition coefficient (Wildman–Crippen LogP) is 5.97. The molecule has 2 aromatic carbocycles. The van der Waals surface area contributed by atoms with Crippen molar-refractivity contribution in [1.29, 1.82) is 5.41 Å². The first kappa shape index (κ1) is 24.9. The van der Waals surface area contributed by atoms with Crippen molar-refractivity contribution in [3.05, 3.63) is 90.3 Å². The van der Waals surface area contributed by atoms with E-state index in [4.69, 9.17) is 10.1 Å². The second-order valence-corrected chi connectivity index (χ2v) is 8.24. The highest BCUT2D eigenvalue weighted by atomic mass is 19.2. The van der Waals surface area contributed by atoms with E-state index in [0.29, 0.717) is 31.1 Å². The molecule has 1 saturated heterocycles. The second-order valence-electron chi connectivity index (χ2n) is 8.24. The van der Waals surface area contributed by atoms with Gasteiger partial charge in [0.15, 0.2) is 17.4 Å². The van der Waals surface area contributed by atoms with Crippen LogP contribution in [0.4, 0.5) is 28.9 Å². The Balaban J connectivity index is 1.52. The molecule has 4 rings (SSSR count). The largest absolute Gasteiger partial charge is 0.454 e. The van der Waals surface area contributed by atoms with Crippen molar-refractivity contribution in [2.75, 3.05) is 18.4 Å². The van der Waals surface area contributed by atoms with E-state index < -0.39 is 29.0 Å². The van der Waals surface area contributed by atoms with E-state index in [1.54, 1.807) is 4.90 Å². The molecule has 1 atom stereocenters. The Morgan fingerprint density at radius 1 is 1.14 bits per heavy atom. The fourth-order valence-electron chi connectivity index (χ4n) is 4.05. The third-order valence-corrected chi connectivity index (χ3v) is 5.81. The minimum Gasteiger partial charge on any atom is -0.454 e. The lowest BCUT2D eigenvalue weighted by Crippen LogP contribution is -2.41. The number of nitrogens with one attached hydrogen (secondary N) is 2. The first-order chi connectivity index (χ1) is 17.3. The minimum absolute atomic E-state index is 0.0422. The lowest BCUT2D eigenvalue weighted by Gasteiger charge is -2.33. The lowest BCUT2D eigenvalue weighted by atomic mass is 9.88. The number of hydrogen-bond acceptors (Lipinski definition) is 5. The Morgan fingerprint density at radius 3 is 2.61 bits per heavy atom. The summed E-state index contributed by atoms with van der Waals surface area (Å²) >= 11 is 0. The highest BCUT2D eigenvalue weighted by Gasteiger charge is 2.29. The summed E-state index contributed by atoms with van der Waals surface area (Å²) in [6.07, 6.45) is 4.94. The monoisotopic (exact) mass is 498 g/mol. The van der Waals surface area contributed by atoms with Crippen molar-refractivity contribution >= 4 is 23.0 Å². The molecule has 1 aliphatic rings. The second kappa shape index (κ2) is 10.6. The molecule has 2 N–H and O–H groups in total. The number of benzene rings is 2. The maximum Gasteiger partial charge on any atom is 0.245 e. The van der Waals surface area contributed by atoms with Crippen LogP contribution in [0.15, 0.2) is 61.4 Å². The van der Waals surface area contributed by atoms with E-state index in [2.05, 4.69) is 16.9 Å². The van der Waals surface area contributed by atoms with Crippen LogP contribution in [0.5, 0.6) is 11.5 Å².